The third kappa shape index (κ3) is 6.62. The molecule has 0 bridgehead atoms. The number of aromatic nitrogens is 1. The van der Waals surface area contributed by atoms with Gasteiger partial charge in [-0.05, 0) is 72.2 Å². The molecule has 1 aliphatic carbocycles. The summed E-state index contributed by atoms with van der Waals surface area (Å²) in [6.45, 7) is 0. The van der Waals surface area contributed by atoms with Gasteiger partial charge in [-0.15, -0.1) is 0 Å². The van der Waals surface area contributed by atoms with Gasteiger partial charge in [0.05, 0.1) is 11.3 Å². The van der Waals surface area contributed by atoms with Crippen molar-refractivity contribution in [1.29, 1.82) is 0 Å². The molecule has 1 heterocycles. The van der Waals surface area contributed by atoms with Gasteiger partial charge in [0.15, 0.2) is 0 Å². The second-order valence-corrected chi connectivity index (χ2v) is 11.0. The van der Waals surface area contributed by atoms with E-state index < -0.39 is 29.3 Å². The largest absolute Gasteiger partial charge is 0.355 e. The number of ketones is 1. The van der Waals surface area contributed by atoms with Crippen LogP contribution < -0.4 is 5.32 Å². The van der Waals surface area contributed by atoms with Gasteiger partial charge in [0.25, 0.3) is 5.91 Å². The molecule has 4 nitrogen and oxygen atoms in total. The molecule has 1 aliphatic rings. The molecule has 7 heteroatoms. The molecule has 1 saturated carbocycles. The summed E-state index contributed by atoms with van der Waals surface area (Å²) in [6, 6.07) is 20.9. The van der Waals surface area contributed by atoms with Gasteiger partial charge in [0, 0.05) is 43.1 Å². The Morgan fingerprint density at radius 3 is 2.31 bits per heavy atom. The number of nitrogens with one attached hydrogen (secondary N) is 1. The number of benzene rings is 3. The van der Waals surface area contributed by atoms with Gasteiger partial charge in [-0.3, -0.25) is 14.6 Å². The fraction of sp³-hybridized carbons (Fsp3) is 0.286. The van der Waals surface area contributed by atoms with E-state index in [2.05, 4.69) is 10.3 Å². The molecule has 1 aromatic heterocycles. The van der Waals surface area contributed by atoms with Gasteiger partial charge in [0.2, 0.25) is 0 Å². The second-order valence-electron chi connectivity index (χ2n) is 11.0. The number of hydrogen-bond acceptors (Lipinski definition) is 3. The van der Waals surface area contributed by atoms with Crippen molar-refractivity contribution < 1.29 is 22.8 Å². The van der Waals surface area contributed by atoms with Crippen molar-refractivity contribution >= 4 is 11.7 Å². The van der Waals surface area contributed by atoms with Crippen molar-refractivity contribution in [1.82, 2.24) is 10.3 Å². The number of carbonyl (C=O) groups excluding carboxylic acids is 2. The lowest BCUT2D eigenvalue weighted by molar-refractivity contribution is -0.122. The number of Topliss-reactive ketones (excluding diaryl/α,β-unsaturated/α-hetero) is 1. The minimum absolute atomic E-state index is 0.0525. The molecule has 42 heavy (non-hydrogen) atoms. The summed E-state index contributed by atoms with van der Waals surface area (Å²) in [4.78, 5) is 31.2. The van der Waals surface area contributed by atoms with E-state index in [0.29, 0.717) is 22.4 Å². The van der Waals surface area contributed by atoms with Crippen LogP contribution in [0.1, 0.15) is 71.1 Å². The molecule has 2 atom stereocenters. The van der Waals surface area contributed by atoms with Crippen molar-refractivity contribution in [3.63, 3.8) is 0 Å². The van der Waals surface area contributed by atoms with Gasteiger partial charge < -0.3 is 5.32 Å². The molecule has 4 aromatic rings. The Morgan fingerprint density at radius 1 is 0.905 bits per heavy atom. The fourth-order valence-corrected chi connectivity index (χ4v) is 6.31. The number of hydrogen-bond donors (Lipinski definition) is 1. The van der Waals surface area contributed by atoms with Crippen LogP contribution in [0.15, 0.2) is 85.1 Å². The molecule has 1 unspecified atom stereocenters. The van der Waals surface area contributed by atoms with Crippen molar-refractivity contribution in [3.8, 4) is 11.1 Å². The average molecular weight is 571 g/mol. The lowest BCUT2D eigenvalue weighted by atomic mass is 9.77. The van der Waals surface area contributed by atoms with E-state index in [4.69, 9.17) is 0 Å². The van der Waals surface area contributed by atoms with Gasteiger partial charge >= 0.3 is 0 Å². The van der Waals surface area contributed by atoms with Crippen molar-refractivity contribution in [2.45, 2.75) is 50.4 Å². The normalized spacial score (nSPS) is 14.9. The summed E-state index contributed by atoms with van der Waals surface area (Å²) in [6.07, 6.45) is 5.97. The molecule has 0 aliphatic heterocycles. The Morgan fingerprint density at radius 2 is 1.62 bits per heavy atom. The Hall–Kier alpha value is -4.26. The van der Waals surface area contributed by atoms with E-state index in [-0.39, 0.29) is 36.0 Å². The van der Waals surface area contributed by atoms with Gasteiger partial charge in [-0.1, -0.05) is 55.3 Å². The third-order valence-corrected chi connectivity index (χ3v) is 8.20. The Balaban J connectivity index is 1.58. The van der Waals surface area contributed by atoms with Crippen LogP contribution >= 0.6 is 0 Å². The Bertz CT molecular complexity index is 1550. The molecule has 1 amide bonds. The summed E-state index contributed by atoms with van der Waals surface area (Å²) in [7, 11) is 1.43. The number of amides is 1. The van der Waals surface area contributed by atoms with Crippen LogP contribution in [0.3, 0.4) is 0 Å². The van der Waals surface area contributed by atoms with Crippen molar-refractivity contribution in [3.05, 3.63) is 125 Å². The van der Waals surface area contributed by atoms with Crippen LogP contribution in [0.4, 0.5) is 13.2 Å². The second kappa shape index (κ2) is 13.1. The molecule has 0 spiro atoms. The maximum Gasteiger partial charge on any atom is 0.254 e. The first-order chi connectivity index (χ1) is 20.3. The van der Waals surface area contributed by atoms with Gasteiger partial charge in [-0.25, -0.2) is 13.2 Å². The predicted molar refractivity (Wildman–Crippen MR) is 157 cm³/mol. The Labute approximate surface area is 244 Å². The van der Waals surface area contributed by atoms with Crippen molar-refractivity contribution in [2.75, 3.05) is 7.05 Å². The quantitative estimate of drug-likeness (QED) is 0.212. The third-order valence-electron chi connectivity index (χ3n) is 8.20. The summed E-state index contributed by atoms with van der Waals surface area (Å²) in [5.74, 6) is -3.17. The zero-order valence-electron chi connectivity index (χ0n) is 23.5. The number of nitrogens with zero attached hydrogens (tertiary/aromatic N) is 1. The van der Waals surface area contributed by atoms with Crippen LogP contribution in [-0.2, 0) is 11.2 Å². The first-order valence-corrected chi connectivity index (χ1v) is 14.3. The summed E-state index contributed by atoms with van der Waals surface area (Å²) < 4.78 is 43.0. The summed E-state index contributed by atoms with van der Waals surface area (Å²) in [5, 5.41) is 2.45. The topological polar surface area (TPSA) is 59.1 Å². The van der Waals surface area contributed by atoms with Crippen LogP contribution in [0.2, 0.25) is 0 Å². The summed E-state index contributed by atoms with van der Waals surface area (Å²) in [5.41, 5.74) is 2.98. The zero-order valence-corrected chi connectivity index (χ0v) is 23.5. The Kier molecular flexibility index (Phi) is 9.15. The minimum atomic E-state index is -0.696. The highest BCUT2D eigenvalue weighted by molar-refractivity contribution is 5.95. The molecule has 3 aromatic carbocycles. The van der Waals surface area contributed by atoms with Crippen molar-refractivity contribution in [2.24, 2.45) is 5.92 Å². The van der Waals surface area contributed by atoms with Crippen LogP contribution in [0, 0.1) is 23.4 Å². The molecule has 1 fully saturated rings. The highest BCUT2D eigenvalue weighted by Crippen LogP contribution is 2.41. The number of pyridine rings is 1. The lowest BCUT2D eigenvalue weighted by Gasteiger charge is -2.26. The highest BCUT2D eigenvalue weighted by atomic mass is 19.1. The predicted octanol–water partition coefficient (Wildman–Crippen LogP) is 7.79. The fourth-order valence-electron chi connectivity index (χ4n) is 6.31. The first kappa shape index (κ1) is 29.2. The number of rotatable bonds is 10. The van der Waals surface area contributed by atoms with Crippen LogP contribution in [0.5, 0.6) is 0 Å². The highest BCUT2D eigenvalue weighted by Gasteiger charge is 2.34. The van der Waals surface area contributed by atoms with Gasteiger partial charge in [0.1, 0.15) is 23.2 Å². The molecule has 0 saturated heterocycles. The smallest absolute Gasteiger partial charge is 0.254 e. The van der Waals surface area contributed by atoms with Crippen LogP contribution in [-0.4, -0.2) is 23.7 Å². The zero-order chi connectivity index (χ0) is 29.6. The lowest BCUT2D eigenvalue weighted by Crippen LogP contribution is -2.23. The molecular weight excluding hydrogens is 537 g/mol. The molecule has 5 rings (SSSR count). The monoisotopic (exact) mass is 570 g/mol. The van der Waals surface area contributed by atoms with E-state index in [1.807, 2.05) is 30.3 Å². The SMILES string of the molecule is CNC(=O)c1cc(-c2cccnc2[C@@H](CC(=O)C(c2ccccc2)C2CCCC2)Cc2cc(F)cc(F)c2)ccc1F. The first-order valence-electron chi connectivity index (χ1n) is 14.3. The maximum atomic E-state index is 14.5. The van der Waals surface area contributed by atoms with E-state index in [1.165, 1.54) is 31.3 Å². The number of halogens is 3. The molecular formula is C35H33F3N2O2. The van der Waals surface area contributed by atoms with E-state index in [9.17, 15) is 22.8 Å². The summed E-state index contributed by atoms with van der Waals surface area (Å²) >= 11 is 0. The molecule has 216 valence electrons. The molecule has 1 N–H and O–H groups in total. The standard InChI is InChI=1S/C35H33F3N2O2/c1-39-35(42)30-19-25(13-14-31(30)38)29-12-7-15-40-34(29)26(16-22-17-27(36)21-28(37)18-22)20-32(41)33(24-10-5-6-11-24)23-8-3-2-4-9-23/h2-4,7-9,12-15,17-19,21,24,26,33H,5-6,10-11,16,20H2,1H3,(H,39,42)/t26-,33?/m1/s1. The maximum absolute atomic E-state index is 14.5. The van der Waals surface area contributed by atoms with E-state index in [0.717, 1.165) is 37.3 Å². The van der Waals surface area contributed by atoms with Gasteiger partial charge in [-0.2, -0.15) is 0 Å². The average Bonchev–Trinajstić information content (AvgIpc) is 3.51. The van der Waals surface area contributed by atoms with Crippen LogP contribution in [0.25, 0.3) is 11.1 Å². The molecule has 0 radical (unpaired) electrons. The van der Waals surface area contributed by atoms with E-state index >= 15 is 0 Å². The minimum Gasteiger partial charge on any atom is -0.355 e. The number of carbonyl (C=O) groups is 2. The van der Waals surface area contributed by atoms with E-state index in [1.54, 1.807) is 24.4 Å².